The van der Waals surface area contributed by atoms with E-state index in [1.807, 2.05) is 33.3 Å². The lowest BCUT2D eigenvalue weighted by molar-refractivity contribution is -0.870. The Morgan fingerprint density at radius 3 is 1.45 bits per heavy atom. The highest BCUT2D eigenvalue weighted by Crippen LogP contribution is 2.38. The third-order valence-electron chi connectivity index (χ3n) is 8.30. The van der Waals surface area contributed by atoms with Gasteiger partial charge in [0, 0.05) is 12.8 Å². The lowest BCUT2D eigenvalue weighted by Crippen LogP contribution is -2.37. The second kappa shape index (κ2) is 39.1. The molecule has 2 atom stereocenters. The molecule has 0 aromatic heterocycles. The van der Waals surface area contributed by atoms with E-state index in [0.717, 1.165) is 89.9 Å². The van der Waals surface area contributed by atoms with Crippen molar-refractivity contribution in [3.8, 4) is 0 Å². The zero-order chi connectivity index (χ0) is 42.8. The van der Waals surface area contributed by atoms with Gasteiger partial charge in [0.05, 0.1) is 27.7 Å². The van der Waals surface area contributed by atoms with Crippen LogP contribution in [0, 0.1) is 0 Å². The first kappa shape index (κ1) is 54.7. The molecule has 0 aliphatic heterocycles. The smallest absolute Gasteiger partial charge is 0.306 e. The highest BCUT2D eigenvalue weighted by molar-refractivity contribution is 7.45. The summed E-state index contributed by atoms with van der Waals surface area (Å²) in [6, 6.07) is 0. The predicted octanol–water partition coefficient (Wildman–Crippen LogP) is 11.7. The predicted molar refractivity (Wildman–Crippen MR) is 240 cm³/mol. The summed E-state index contributed by atoms with van der Waals surface area (Å²) >= 11 is 0. The maximum absolute atomic E-state index is 12.7. The van der Waals surface area contributed by atoms with Crippen LogP contribution < -0.4 is 4.89 Å². The van der Waals surface area contributed by atoms with Gasteiger partial charge in [0.2, 0.25) is 0 Å². The van der Waals surface area contributed by atoms with E-state index in [9.17, 15) is 19.0 Å². The molecule has 58 heavy (non-hydrogen) atoms. The fraction of sp³-hybridized carbons (Fsp3) is 0.583. The van der Waals surface area contributed by atoms with E-state index in [-0.39, 0.29) is 26.1 Å². The molecule has 0 bridgehead atoms. The van der Waals surface area contributed by atoms with Gasteiger partial charge in [-0.1, -0.05) is 142 Å². The zero-order valence-corrected chi connectivity index (χ0v) is 37.6. The summed E-state index contributed by atoms with van der Waals surface area (Å²) in [4.78, 5) is 37.5. The normalized spacial score (nSPS) is 14.7. The third kappa shape index (κ3) is 42.3. The Bertz CT molecular complexity index is 1350. The Morgan fingerprint density at radius 1 is 0.534 bits per heavy atom. The molecule has 328 valence electrons. The number of allylic oxidation sites excluding steroid dienone is 18. The number of unbranched alkanes of at least 4 members (excludes halogenated alkanes) is 5. The molecule has 10 heteroatoms. The van der Waals surface area contributed by atoms with Gasteiger partial charge < -0.3 is 27.9 Å². The van der Waals surface area contributed by atoms with Crippen LogP contribution in [-0.2, 0) is 32.7 Å². The number of hydrogen-bond donors (Lipinski definition) is 0. The van der Waals surface area contributed by atoms with E-state index in [2.05, 4.69) is 111 Å². The summed E-state index contributed by atoms with van der Waals surface area (Å²) in [6.07, 6.45) is 52.7. The molecule has 0 aromatic carbocycles. The number of phosphoric acid groups is 1. The van der Waals surface area contributed by atoms with Gasteiger partial charge in [-0.2, -0.15) is 0 Å². The van der Waals surface area contributed by atoms with Gasteiger partial charge in [-0.15, -0.1) is 0 Å². The van der Waals surface area contributed by atoms with E-state index in [4.69, 9.17) is 18.5 Å². The summed E-state index contributed by atoms with van der Waals surface area (Å²) in [6.45, 7) is 3.86. The number of carbonyl (C=O) groups excluding carboxylic acids is 2. The number of phosphoric ester groups is 1. The highest BCUT2D eigenvalue weighted by Gasteiger charge is 2.21. The van der Waals surface area contributed by atoms with Crippen molar-refractivity contribution in [1.29, 1.82) is 0 Å². The number of nitrogens with zero attached hydrogens (tertiary/aromatic N) is 1. The lowest BCUT2D eigenvalue weighted by atomic mass is 10.1. The van der Waals surface area contributed by atoms with Crippen LogP contribution in [0.2, 0.25) is 0 Å². The van der Waals surface area contributed by atoms with Crippen LogP contribution >= 0.6 is 7.82 Å². The molecule has 0 heterocycles. The minimum absolute atomic E-state index is 0.0524. The molecule has 9 nitrogen and oxygen atoms in total. The number of hydrogen-bond acceptors (Lipinski definition) is 8. The molecular weight excluding hydrogens is 750 g/mol. The molecule has 0 N–H and O–H groups in total. The van der Waals surface area contributed by atoms with Crippen molar-refractivity contribution in [1.82, 2.24) is 0 Å². The van der Waals surface area contributed by atoms with E-state index in [0.29, 0.717) is 23.9 Å². The van der Waals surface area contributed by atoms with Gasteiger partial charge >= 0.3 is 11.9 Å². The Kier molecular flexibility index (Phi) is 36.9. The number of likely N-dealkylation sites (N-methyl/N-ethyl adjacent to an activating group) is 1. The van der Waals surface area contributed by atoms with E-state index in [1.165, 1.54) is 0 Å². The van der Waals surface area contributed by atoms with Gasteiger partial charge in [-0.25, -0.2) is 0 Å². The highest BCUT2D eigenvalue weighted by atomic mass is 31.2. The second-order valence-corrected chi connectivity index (χ2v) is 16.4. The summed E-state index contributed by atoms with van der Waals surface area (Å²) in [7, 11) is 1.09. The van der Waals surface area contributed by atoms with Gasteiger partial charge in [0.15, 0.2) is 6.10 Å². The van der Waals surface area contributed by atoms with Crippen molar-refractivity contribution < 1.29 is 42.1 Å². The van der Waals surface area contributed by atoms with E-state index in [1.54, 1.807) is 0 Å². The Labute approximate surface area is 353 Å². The quantitative estimate of drug-likeness (QED) is 0.0200. The van der Waals surface area contributed by atoms with Crippen LogP contribution in [-0.4, -0.2) is 70.0 Å². The lowest BCUT2D eigenvalue weighted by Gasteiger charge is -2.28. The zero-order valence-electron chi connectivity index (χ0n) is 36.7. The molecule has 0 aliphatic carbocycles. The van der Waals surface area contributed by atoms with Crippen molar-refractivity contribution in [2.75, 3.05) is 47.5 Å². The van der Waals surface area contributed by atoms with Crippen molar-refractivity contribution in [2.24, 2.45) is 0 Å². The Morgan fingerprint density at radius 2 is 0.966 bits per heavy atom. The van der Waals surface area contributed by atoms with E-state index < -0.39 is 32.5 Å². The molecule has 0 saturated heterocycles. The van der Waals surface area contributed by atoms with Crippen molar-refractivity contribution in [2.45, 2.75) is 136 Å². The SMILES string of the molecule is CC/C=C/C/C=C/C/C=C/C/C=C/C/C=C/C/C=C/CCC(=O)OC[C@H](COP(=O)([O-])OCC[N+](C)(C)C)OC(=O)CCCCCCC/C=C/C/C=C/C/C=C/CC. The van der Waals surface area contributed by atoms with Crippen molar-refractivity contribution in [3.05, 3.63) is 109 Å². The van der Waals surface area contributed by atoms with Crippen LogP contribution in [0.15, 0.2) is 109 Å². The summed E-state index contributed by atoms with van der Waals surface area (Å²) < 4.78 is 33.8. The van der Waals surface area contributed by atoms with Crippen molar-refractivity contribution >= 4 is 19.8 Å². The van der Waals surface area contributed by atoms with Gasteiger partial charge in [-0.05, 0) is 83.5 Å². The van der Waals surface area contributed by atoms with Crippen molar-refractivity contribution in [3.63, 3.8) is 0 Å². The molecule has 0 rings (SSSR count). The number of esters is 2. The Hall–Kier alpha value is -3.33. The van der Waals surface area contributed by atoms with Crippen LogP contribution in [0.25, 0.3) is 0 Å². The molecule has 0 aliphatic rings. The standard InChI is InChI=1S/C48H78NO8P/c1-6-8-10-12-14-16-18-20-22-23-24-25-27-28-30-32-34-36-38-40-47(50)54-44-46(45-56-58(52,53)55-43-42-49(3,4)5)57-48(51)41-39-37-35-33-31-29-26-21-19-17-15-13-11-9-7-2/h8-11,14-17,20-22,24-26,28,30,34,36,46H,6-7,12-13,18-19,23,27,29,31-33,35,37-45H2,1-5H3/b10-8+,11-9+,16-14+,17-15+,22-20+,25-24+,26-21+,30-28+,36-34+/t46-/m1/s1. The van der Waals surface area contributed by atoms with E-state index >= 15 is 0 Å². The second-order valence-electron chi connectivity index (χ2n) is 14.9. The minimum atomic E-state index is -4.65. The first-order chi connectivity index (χ1) is 28.0. The van der Waals surface area contributed by atoms with Crippen LogP contribution in [0.3, 0.4) is 0 Å². The summed E-state index contributed by atoms with van der Waals surface area (Å²) in [5.74, 6) is -0.966. The maximum atomic E-state index is 12.7. The molecular formula is C48H78NO8P. The van der Waals surface area contributed by atoms with Crippen LogP contribution in [0.5, 0.6) is 0 Å². The molecule has 0 fully saturated rings. The number of ether oxygens (including phenoxy) is 2. The molecule has 0 saturated carbocycles. The first-order valence-electron chi connectivity index (χ1n) is 21.6. The molecule has 1 unspecified atom stereocenters. The fourth-order valence-corrected chi connectivity index (χ4v) is 5.72. The average molecular weight is 828 g/mol. The number of rotatable bonds is 37. The van der Waals surface area contributed by atoms with Crippen LogP contribution in [0.1, 0.15) is 129 Å². The van der Waals surface area contributed by atoms with Gasteiger partial charge in [0.1, 0.15) is 19.8 Å². The minimum Gasteiger partial charge on any atom is -0.756 e. The van der Waals surface area contributed by atoms with Gasteiger partial charge in [0.25, 0.3) is 7.82 Å². The first-order valence-corrected chi connectivity index (χ1v) is 23.1. The monoisotopic (exact) mass is 828 g/mol. The summed E-state index contributed by atoms with van der Waals surface area (Å²) in [5, 5.41) is 0. The molecule has 0 aromatic rings. The Balaban J connectivity index is 4.54. The third-order valence-corrected chi connectivity index (χ3v) is 9.27. The molecule has 0 amide bonds. The average Bonchev–Trinajstić information content (AvgIpc) is 3.17. The number of carbonyl (C=O) groups is 2. The summed E-state index contributed by atoms with van der Waals surface area (Å²) in [5.41, 5.74) is 0. The largest absolute Gasteiger partial charge is 0.756 e. The topological polar surface area (TPSA) is 111 Å². The maximum Gasteiger partial charge on any atom is 0.306 e. The molecule has 0 radical (unpaired) electrons. The van der Waals surface area contributed by atoms with Crippen LogP contribution in [0.4, 0.5) is 0 Å². The molecule has 0 spiro atoms. The van der Waals surface area contributed by atoms with Gasteiger partial charge in [-0.3, -0.25) is 14.2 Å². The fourth-order valence-electron chi connectivity index (χ4n) is 4.99. The number of quaternary nitrogens is 1.